The standard InChI is InChI=1S/C9H17N3O2/c1-3-12-5-4-10-8(12)11-6-9(2,14)7-13/h4-5,13-14H,3,6-7H2,1-2H3,(H,10,11). The molecule has 1 atom stereocenters. The van der Waals surface area contributed by atoms with E-state index in [-0.39, 0.29) is 13.2 Å². The van der Waals surface area contributed by atoms with E-state index in [9.17, 15) is 5.11 Å². The van der Waals surface area contributed by atoms with Gasteiger partial charge in [-0.25, -0.2) is 4.98 Å². The predicted molar refractivity (Wildman–Crippen MR) is 54.1 cm³/mol. The molecule has 1 aromatic heterocycles. The summed E-state index contributed by atoms with van der Waals surface area (Å²) >= 11 is 0. The third kappa shape index (κ3) is 2.71. The number of aliphatic hydroxyl groups excluding tert-OH is 1. The summed E-state index contributed by atoms with van der Waals surface area (Å²) in [5.41, 5.74) is -1.11. The molecule has 1 aromatic rings. The van der Waals surface area contributed by atoms with E-state index >= 15 is 0 Å². The molecule has 0 aliphatic heterocycles. The molecule has 5 nitrogen and oxygen atoms in total. The summed E-state index contributed by atoms with van der Waals surface area (Å²) < 4.78 is 1.92. The quantitative estimate of drug-likeness (QED) is 0.627. The van der Waals surface area contributed by atoms with Gasteiger partial charge in [0.05, 0.1) is 6.61 Å². The molecule has 0 saturated heterocycles. The minimum Gasteiger partial charge on any atom is -0.393 e. The Balaban J connectivity index is 2.53. The van der Waals surface area contributed by atoms with Crippen molar-refractivity contribution in [2.45, 2.75) is 26.0 Å². The maximum atomic E-state index is 9.54. The molecule has 0 aromatic carbocycles. The van der Waals surface area contributed by atoms with Crippen molar-refractivity contribution in [3.8, 4) is 0 Å². The highest BCUT2D eigenvalue weighted by molar-refractivity contribution is 5.26. The van der Waals surface area contributed by atoms with Crippen molar-refractivity contribution in [3.63, 3.8) is 0 Å². The number of hydrogen-bond acceptors (Lipinski definition) is 4. The van der Waals surface area contributed by atoms with Crippen molar-refractivity contribution < 1.29 is 10.2 Å². The molecule has 0 spiro atoms. The summed E-state index contributed by atoms with van der Waals surface area (Å²) in [6.07, 6.45) is 3.55. The molecular formula is C9H17N3O2. The number of aryl methyl sites for hydroxylation is 1. The lowest BCUT2D eigenvalue weighted by Crippen LogP contribution is -2.37. The maximum absolute atomic E-state index is 9.54. The molecule has 0 radical (unpaired) electrons. The number of imidazole rings is 1. The first-order valence-electron chi connectivity index (χ1n) is 4.67. The minimum absolute atomic E-state index is 0.271. The highest BCUT2D eigenvalue weighted by Gasteiger charge is 2.19. The molecule has 1 rings (SSSR count). The van der Waals surface area contributed by atoms with Crippen LogP contribution in [0.15, 0.2) is 12.4 Å². The van der Waals surface area contributed by atoms with Gasteiger partial charge in [0.2, 0.25) is 5.95 Å². The van der Waals surface area contributed by atoms with Crippen LogP contribution in [0, 0.1) is 0 Å². The molecule has 0 bridgehead atoms. The summed E-state index contributed by atoms with van der Waals surface area (Å²) in [7, 11) is 0. The number of aromatic nitrogens is 2. The summed E-state index contributed by atoms with van der Waals surface area (Å²) in [6, 6.07) is 0. The summed E-state index contributed by atoms with van der Waals surface area (Å²) in [5, 5.41) is 21.3. The Morgan fingerprint density at radius 1 is 1.64 bits per heavy atom. The first kappa shape index (κ1) is 11.0. The Morgan fingerprint density at radius 3 is 2.93 bits per heavy atom. The van der Waals surface area contributed by atoms with Gasteiger partial charge in [0.15, 0.2) is 0 Å². The van der Waals surface area contributed by atoms with Crippen LogP contribution in [0.2, 0.25) is 0 Å². The largest absolute Gasteiger partial charge is 0.393 e. The number of anilines is 1. The topological polar surface area (TPSA) is 70.3 Å². The molecule has 80 valence electrons. The lowest BCUT2D eigenvalue weighted by atomic mass is 10.1. The summed E-state index contributed by atoms with van der Waals surface area (Å²) in [6.45, 7) is 4.41. The lowest BCUT2D eigenvalue weighted by molar-refractivity contribution is 0.0130. The Morgan fingerprint density at radius 2 is 2.36 bits per heavy atom. The molecule has 0 aliphatic rings. The Bertz CT molecular complexity index is 283. The van der Waals surface area contributed by atoms with Crippen LogP contribution in [0.4, 0.5) is 5.95 Å². The Labute approximate surface area is 83.4 Å². The second kappa shape index (κ2) is 4.43. The highest BCUT2D eigenvalue weighted by atomic mass is 16.3. The fourth-order valence-electron chi connectivity index (χ4n) is 1.06. The van der Waals surface area contributed by atoms with Crippen LogP contribution >= 0.6 is 0 Å². The number of nitrogens with zero attached hydrogens (tertiary/aromatic N) is 2. The molecule has 0 saturated carbocycles. The van der Waals surface area contributed by atoms with Crippen molar-refractivity contribution in [1.82, 2.24) is 9.55 Å². The van der Waals surface area contributed by atoms with E-state index in [0.29, 0.717) is 5.95 Å². The van der Waals surface area contributed by atoms with E-state index in [4.69, 9.17) is 5.11 Å². The zero-order valence-corrected chi connectivity index (χ0v) is 8.56. The number of hydrogen-bond donors (Lipinski definition) is 3. The minimum atomic E-state index is -1.11. The van der Waals surface area contributed by atoms with Gasteiger partial charge in [-0.15, -0.1) is 0 Å². The van der Waals surface area contributed by atoms with Gasteiger partial charge in [0.25, 0.3) is 0 Å². The second-order valence-corrected chi connectivity index (χ2v) is 3.55. The zero-order chi connectivity index (χ0) is 10.6. The van der Waals surface area contributed by atoms with Gasteiger partial charge >= 0.3 is 0 Å². The third-order valence-corrected chi connectivity index (χ3v) is 2.02. The summed E-state index contributed by atoms with van der Waals surface area (Å²) in [4.78, 5) is 4.08. The van der Waals surface area contributed by atoms with Crippen molar-refractivity contribution in [1.29, 1.82) is 0 Å². The lowest BCUT2D eigenvalue weighted by Gasteiger charge is -2.21. The number of aliphatic hydroxyl groups is 2. The molecule has 1 heterocycles. The fourth-order valence-corrected chi connectivity index (χ4v) is 1.06. The average Bonchev–Trinajstić information content (AvgIpc) is 2.62. The smallest absolute Gasteiger partial charge is 0.202 e. The van der Waals surface area contributed by atoms with Crippen LogP contribution in [-0.4, -0.2) is 38.5 Å². The predicted octanol–water partition coefficient (Wildman–Crippen LogP) is 0.0582. The van der Waals surface area contributed by atoms with Gasteiger partial charge < -0.3 is 20.1 Å². The van der Waals surface area contributed by atoms with E-state index in [1.807, 2.05) is 17.7 Å². The molecule has 1 unspecified atom stereocenters. The van der Waals surface area contributed by atoms with E-state index < -0.39 is 5.60 Å². The molecule has 0 aliphatic carbocycles. The number of rotatable bonds is 5. The Hall–Kier alpha value is -1.07. The molecule has 0 amide bonds. The van der Waals surface area contributed by atoms with E-state index in [2.05, 4.69) is 10.3 Å². The SMILES string of the molecule is CCn1ccnc1NCC(C)(O)CO. The molecule has 5 heteroatoms. The number of nitrogens with one attached hydrogen (secondary N) is 1. The average molecular weight is 199 g/mol. The van der Waals surface area contributed by atoms with Gasteiger partial charge in [-0.05, 0) is 13.8 Å². The monoisotopic (exact) mass is 199 g/mol. The molecule has 14 heavy (non-hydrogen) atoms. The normalized spacial score (nSPS) is 15.1. The van der Waals surface area contributed by atoms with Crippen molar-refractivity contribution in [2.24, 2.45) is 0 Å². The van der Waals surface area contributed by atoms with Gasteiger partial charge in [-0.2, -0.15) is 0 Å². The Kier molecular flexibility index (Phi) is 3.49. The fraction of sp³-hybridized carbons (Fsp3) is 0.667. The first-order chi connectivity index (χ1) is 6.59. The van der Waals surface area contributed by atoms with Gasteiger partial charge in [-0.3, -0.25) is 0 Å². The van der Waals surface area contributed by atoms with Crippen molar-refractivity contribution >= 4 is 5.95 Å². The van der Waals surface area contributed by atoms with E-state index in [1.54, 1.807) is 13.1 Å². The van der Waals surface area contributed by atoms with Crippen LogP contribution in [0.25, 0.3) is 0 Å². The van der Waals surface area contributed by atoms with Crippen molar-refractivity contribution in [2.75, 3.05) is 18.5 Å². The van der Waals surface area contributed by atoms with Gasteiger partial charge in [0.1, 0.15) is 5.60 Å². The van der Waals surface area contributed by atoms with Crippen LogP contribution in [0.3, 0.4) is 0 Å². The van der Waals surface area contributed by atoms with E-state index in [0.717, 1.165) is 6.54 Å². The van der Waals surface area contributed by atoms with Crippen molar-refractivity contribution in [3.05, 3.63) is 12.4 Å². The third-order valence-electron chi connectivity index (χ3n) is 2.02. The van der Waals surface area contributed by atoms with E-state index in [1.165, 1.54) is 0 Å². The van der Waals surface area contributed by atoms with Crippen LogP contribution in [0.1, 0.15) is 13.8 Å². The maximum Gasteiger partial charge on any atom is 0.202 e. The summed E-state index contributed by atoms with van der Waals surface area (Å²) in [5.74, 6) is 0.709. The molecule has 0 fully saturated rings. The second-order valence-electron chi connectivity index (χ2n) is 3.55. The first-order valence-corrected chi connectivity index (χ1v) is 4.67. The van der Waals surface area contributed by atoms with Gasteiger partial charge in [0, 0.05) is 25.5 Å². The highest BCUT2D eigenvalue weighted by Crippen LogP contribution is 2.07. The molecule has 3 N–H and O–H groups in total. The zero-order valence-electron chi connectivity index (χ0n) is 8.56. The van der Waals surface area contributed by atoms with Crippen LogP contribution in [-0.2, 0) is 6.54 Å². The molecular weight excluding hydrogens is 182 g/mol. The van der Waals surface area contributed by atoms with Crippen LogP contribution < -0.4 is 5.32 Å². The van der Waals surface area contributed by atoms with Crippen LogP contribution in [0.5, 0.6) is 0 Å². The van der Waals surface area contributed by atoms with Gasteiger partial charge in [-0.1, -0.05) is 0 Å².